The van der Waals surface area contributed by atoms with Crippen LogP contribution >= 0.6 is 23.2 Å². The molecular weight excluding hydrogens is 295 g/mol. The summed E-state index contributed by atoms with van der Waals surface area (Å²) in [6.45, 7) is 2.05. The number of ketones is 1. The summed E-state index contributed by atoms with van der Waals surface area (Å²) in [5.74, 6) is 0.133. The highest BCUT2D eigenvalue weighted by Gasteiger charge is 2.11. The SMILES string of the molecule is CCc1cc(CC(=O)Cc2ccc(Cl)c(Cl)c2)n(C)n1. The Kier molecular flexibility index (Phi) is 4.84. The third-order valence-electron chi connectivity index (χ3n) is 3.15. The molecule has 0 unspecified atom stereocenters. The lowest BCUT2D eigenvalue weighted by atomic mass is 10.1. The number of aryl methyl sites for hydroxylation is 2. The van der Waals surface area contributed by atoms with E-state index in [1.807, 2.05) is 26.1 Å². The highest BCUT2D eigenvalue weighted by molar-refractivity contribution is 6.42. The molecule has 0 spiro atoms. The summed E-state index contributed by atoms with van der Waals surface area (Å²) in [6.07, 6.45) is 1.60. The average Bonchev–Trinajstić information content (AvgIpc) is 2.74. The first-order chi connectivity index (χ1) is 9.49. The fraction of sp³-hybridized carbons (Fsp3) is 0.333. The Morgan fingerprint density at radius 1 is 1.20 bits per heavy atom. The number of aromatic nitrogens is 2. The van der Waals surface area contributed by atoms with E-state index in [4.69, 9.17) is 23.2 Å². The van der Waals surface area contributed by atoms with Crippen molar-refractivity contribution in [3.8, 4) is 0 Å². The van der Waals surface area contributed by atoms with Crippen molar-refractivity contribution in [3.05, 3.63) is 51.3 Å². The van der Waals surface area contributed by atoms with Crippen molar-refractivity contribution < 1.29 is 4.79 Å². The van der Waals surface area contributed by atoms with Crippen molar-refractivity contribution in [2.45, 2.75) is 26.2 Å². The molecule has 1 aromatic carbocycles. The van der Waals surface area contributed by atoms with Crippen LogP contribution in [0.25, 0.3) is 0 Å². The van der Waals surface area contributed by atoms with Gasteiger partial charge in [-0.15, -0.1) is 0 Å². The second-order valence-electron chi connectivity index (χ2n) is 4.74. The van der Waals surface area contributed by atoms with Gasteiger partial charge in [-0.2, -0.15) is 5.10 Å². The molecule has 0 saturated carbocycles. The van der Waals surface area contributed by atoms with Crippen LogP contribution in [0.3, 0.4) is 0 Å². The molecule has 0 bridgehead atoms. The summed E-state index contributed by atoms with van der Waals surface area (Å²) in [5.41, 5.74) is 2.82. The minimum absolute atomic E-state index is 0.133. The van der Waals surface area contributed by atoms with Crippen LogP contribution in [-0.4, -0.2) is 15.6 Å². The lowest BCUT2D eigenvalue weighted by Gasteiger charge is -2.04. The standard InChI is InChI=1S/C15H16Cl2N2O/c1-3-11-8-12(19(2)18-11)9-13(20)6-10-4-5-14(16)15(17)7-10/h4-5,7-8H,3,6,9H2,1-2H3. The maximum atomic E-state index is 12.1. The van der Waals surface area contributed by atoms with Crippen LogP contribution in [0.2, 0.25) is 10.0 Å². The zero-order valence-corrected chi connectivity index (χ0v) is 13.0. The minimum atomic E-state index is 0.133. The van der Waals surface area contributed by atoms with E-state index in [1.54, 1.807) is 16.8 Å². The maximum Gasteiger partial charge on any atom is 0.143 e. The van der Waals surface area contributed by atoms with E-state index >= 15 is 0 Å². The van der Waals surface area contributed by atoms with Crippen molar-refractivity contribution in [2.24, 2.45) is 7.05 Å². The molecule has 0 aliphatic rings. The first-order valence-corrected chi connectivity index (χ1v) is 7.22. The summed E-state index contributed by atoms with van der Waals surface area (Å²) in [5, 5.41) is 5.32. The first kappa shape index (κ1) is 15.1. The molecule has 0 aliphatic heterocycles. The van der Waals surface area contributed by atoms with Gasteiger partial charge in [-0.25, -0.2) is 0 Å². The van der Waals surface area contributed by atoms with Crippen molar-refractivity contribution in [1.82, 2.24) is 9.78 Å². The molecule has 0 N–H and O–H groups in total. The molecule has 0 fully saturated rings. The highest BCUT2D eigenvalue weighted by atomic mass is 35.5. The van der Waals surface area contributed by atoms with E-state index in [9.17, 15) is 4.79 Å². The van der Waals surface area contributed by atoms with E-state index in [2.05, 4.69) is 5.10 Å². The molecule has 0 saturated heterocycles. The predicted molar refractivity (Wildman–Crippen MR) is 81.5 cm³/mol. The number of hydrogen-bond donors (Lipinski definition) is 0. The van der Waals surface area contributed by atoms with Crippen LogP contribution in [0.15, 0.2) is 24.3 Å². The van der Waals surface area contributed by atoms with Crippen molar-refractivity contribution >= 4 is 29.0 Å². The normalized spacial score (nSPS) is 10.8. The van der Waals surface area contributed by atoms with E-state index in [1.165, 1.54) is 0 Å². The van der Waals surface area contributed by atoms with Gasteiger partial charge in [0.2, 0.25) is 0 Å². The van der Waals surface area contributed by atoms with Gasteiger partial charge in [0.15, 0.2) is 0 Å². The third-order valence-corrected chi connectivity index (χ3v) is 3.89. The zero-order valence-electron chi connectivity index (χ0n) is 11.5. The van der Waals surface area contributed by atoms with Gasteiger partial charge in [-0.1, -0.05) is 36.2 Å². The van der Waals surface area contributed by atoms with Gasteiger partial charge >= 0.3 is 0 Å². The molecule has 3 nitrogen and oxygen atoms in total. The topological polar surface area (TPSA) is 34.9 Å². The molecule has 0 aliphatic carbocycles. The van der Waals surface area contributed by atoms with E-state index < -0.39 is 0 Å². The summed E-state index contributed by atoms with van der Waals surface area (Å²) < 4.78 is 1.77. The van der Waals surface area contributed by atoms with Gasteiger partial charge in [-0.3, -0.25) is 9.48 Å². The molecule has 0 amide bonds. The van der Waals surface area contributed by atoms with Gasteiger partial charge in [0.25, 0.3) is 0 Å². The molecule has 0 radical (unpaired) electrons. The summed E-state index contributed by atoms with van der Waals surface area (Å²) in [6, 6.07) is 7.26. The summed E-state index contributed by atoms with van der Waals surface area (Å²) >= 11 is 11.8. The predicted octanol–water partition coefficient (Wildman–Crippen LogP) is 3.64. The Labute approximate surface area is 128 Å². The van der Waals surface area contributed by atoms with E-state index in [0.29, 0.717) is 22.9 Å². The van der Waals surface area contributed by atoms with Crippen LogP contribution in [0.5, 0.6) is 0 Å². The van der Waals surface area contributed by atoms with Crippen molar-refractivity contribution in [1.29, 1.82) is 0 Å². The van der Waals surface area contributed by atoms with Crippen molar-refractivity contribution in [2.75, 3.05) is 0 Å². The molecule has 106 valence electrons. The smallest absolute Gasteiger partial charge is 0.143 e. The molecular formula is C15H16Cl2N2O. The lowest BCUT2D eigenvalue weighted by molar-refractivity contribution is -0.117. The molecule has 2 rings (SSSR count). The number of halogens is 2. The Bertz CT molecular complexity index is 635. The monoisotopic (exact) mass is 310 g/mol. The zero-order chi connectivity index (χ0) is 14.7. The Morgan fingerprint density at radius 2 is 1.95 bits per heavy atom. The number of carbonyl (C=O) groups is 1. The molecule has 1 heterocycles. The Balaban J connectivity index is 2.04. The maximum absolute atomic E-state index is 12.1. The quantitative estimate of drug-likeness (QED) is 0.845. The number of rotatable bonds is 5. The third kappa shape index (κ3) is 3.62. The van der Waals surface area contributed by atoms with Gasteiger partial charge in [0.1, 0.15) is 5.78 Å². The lowest BCUT2D eigenvalue weighted by Crippen LogP contribution is -2.10. The first-order valence-electron chi connectivity index (χ1n) is 6.47. The number of nitrogens with zero attached hydrogens (tertiary/aromatic N) is 2. The number of benzene rings is 1. The summed E-state index contributed by atoms with van der Waals surface area (Å²) in [4.78, 5) is 12.1. The molecule has 1 aromatic heterocycles. The number of Topliss-reactive ketones (excluding diaryl/α,β-unsaturated/α-hetero) is 1. The number of hydrogen-bond acceptors (Lipinski definition) is 2. The second kappa shape index (κ2) is 6.42. The van der Waals surface area contributed by atoms with Crippen LogP contribution in [0.1, 0.15) is 23.9 Å². The van der Waals surface area contributed by atoms with Gasteiger partial charge in [0.05, 0.1) is 15.7 Å². The summed E-state index contributed by atoms with van der Waals surface area (Å²) in [7, 11) is 1.86. The van der Waals surface area contributed by atoms with Gasteiger partial charge in [-0.05, 0) is 30.2 Å². The second-order valence-corrected chi connectivity index (χ2v) is 5.56. The van der Waals surface area contributed by atoms with Gasteiger partial charge < -0.3 is 0 Å². The van der Waals surface area contributed by atoms with Crippen LogP contribution in [0, 0.1) is 0 Å². The van der Waals surface area contributed by atoms with Crippen LogP contribution in [-0.2, 0) is 31.1 Å². The molecule has 20 heavy (non-hydrogen) atoms. The fourth-order valence-corrected chi connectivity index (χ4v) is 2.37. The molecule has 5 heteroatoms. The van der Waals surface area contributed by atoms with E-state index in [0.717, 1.165) is 23.4 Å². The van der Waals surface area contributed by atoms with Crippen LogP contribution < -0.4 is 0 Å². The van der Waals surface area contributed by atoms with E-state index in [-0.39, 0.29) is 5.78 Å². The Hall–Kier alpha value is -1.32. The Morgan fingerprint density at radius 3 is 2.55 bits per heavy atom. The van der Waals surface area contributed by atoms with Crippen molar-refractivity contribution in [3.63, 3.8) is 0 Å². The number of carbonyl (C=O) groups excluding carboxylic acids is 1. The molecule has 2 aromatic rings. The minimum Gasteiger partial charge on any atom is -0.299 e. The highest BCUT2D eigenvalue weighted by Crippen LogP contribution is 2.23. The van der Waals surface area contributed by atoms with Gasteiger partial charge in [0, 0.05) is 25.6 Å². The molecule has 0 atom stereocenters. The average molecular weight is 311 g/mol. The largest absolute Gasteiger partial charge is 0.299 e. The fourth-order valence-electron chi connectivity index (χ4n) is 2.05. The van der Waals surface area contributed by atoms with Crippen LogP contribution in [0.4, 0.5) is 0 Å².